The van der Waals surface area contributed by atoms with Crippen LogP contribution in [0.25, 0.3) is 11.6 Å². The number of nitrogens with zero attached hydrogens (tertiary/aromatic N) is 2. The van der Waals surface area contributed by atoms with Gasteiger partial charge in [-0.15, -0.1) is 0 Å². The zero-order valence-electron chi connectivity index (χ0n) is 17.7. The Morgan fingerprint density at radius 2 is 1.82 bits per heavy atom. The van der Waals surface area contributed by atoms with Gasteiger partial charge in [0.15, 0.2) is 11.5 Å². The molecule has 0 atom stereocenters. The van der Waals surface area contributed by atoms with E-state index in [0.717, 1.165) is 5.56 Å². The van der Waals surface area contributed by atoms with E-state index in [1.807, 2.05) is 6.92 Å². The summed E-state index contributed by atoms with van der Waals surface area (Å²) in [6.07, 6.45) is 1.62. The van der Waals surface area contributed by atoms with Gasteiger partial charge in [0, 0.05) is 12.1 Å². The molecule has 0 heterocycles. The molecule has 8 heteroatoms. The molecule has 0 aliphatic rings. The fourth-order valence-electron chi connectivity index (χ4n) is 3.04. The topological polar surface area (TPSA) is 123 Å². The molecule has 0 spiro atoms. The van der Waals surface area contributed by atoms with E-state index in [9.17, 15) is 20.2 Å². The van der Waals surface area contributed by atoms with Gasteiger partial charge in [0.05, 0.1) is 28.7 Å². The number of hydrogen-bond donors (Lipinski definition) is 1. The fraction of sp³-hybridized carbons (Fsp3) is 0.120. The standard InChI is InChI=1S/C25H20N2O6/c1-2-32-24-13-18(12-21(15-26)20-4-3-5-22(14-20)27(30)31)8-11-23(24)33-16-17-6-9-19(10-7-17)25(28)29/h3-14H,2,16H2,1H3,(H,28,29). The Kier molecular flexibility index (Phi) is 7.39. The van der Waals surface area contributed by atoms with Gasteiger partial charge in [0.2, 0.25) is 0 Å². The molecule has 166 valence electrons. The molecule has 3 aromatic carbocycles. The summed E-state index contributed by atoms with van der Waals surface area (Å²) in [7, 11) is 0. The average molecular weight is 444 g/mol. The quantitative estimate of drug-likeness (QED) is 0.205. The number of hydrogen-bond acceptors (Lipinski definition) is 6. The van der Waals surface area contributed by atoms with Gasteiger partial charge < -0.3 is 14.6 Å². The second-order valence-corrected chi connectivity index (χ2v) is 6.91. The summed E-state index contributed by atoms with van der Waals surface area (Å²) in [5, 5.41) is 29.6. The van der Waals surface area contributed by atoms with Crippen molar-refractivity contribution in [2.24, 2.45) is 0 Å². The van der Waals surface area contributed by atoms with Crippen molar-refractivity contribution < 1.29 is 24.3 Å². The van der Waals surface area contributed by atoms with Crippen molar-refractivity contribution in [2.45, 2.75) is 13.5 Å². The fourth-order valence-corrected chi connectivity index (χ4v) is 3.04. The minimum atomic E-state index is -0.994. The Bertz CT molecular complexity index is 1240. The van der Waals surface area contributed by atoms with E-state index in [-0.39, 0.29) is 23.4 Å². The van der Waals surface area contributed by atoms with Gasteiger partial charge in [0.1, 0.15) is 6.61 Å². The van der Waals surface area contributed by atoms with Crippen molar-refractivity contribution in [3.8, 4) is 17.6 Å². The van der Waals surface area contributed by atoms with Crippen LogP contribution in [0.5, 0.6) is 11.5 Å². The zero-order chi connectivity index (χ0) is 23.8. The first kappa shape index (κ1) is 23.0. The van der Waals surface area contributed by atoms with Crippen molar-refractivity contribution in [1.82, 2.24) is 0 Å². The maximum Gasteiger partial charge on any atom is 0.335 e. The van der Waals surface area contributed by atoms with E-state index in [1.54, 1.807) is 42.5 Å². The molecule has 3 aromatic rings. The van der Waals surface area contributed by atoms with Crippen LogP contribution in [-0.4, -0.2) is 22.6 Å². The van der Waals surface area contributed by atoms with Crippen LogP contribution >= 0.6 is 0 Å². The Morgan fingerprint density at radius 1 is 1.06 bits per heavy atom. The molecule has 0 radical (unpaired) electrons. The van der Waals surface area contributed by atoms with Crippen molar-refractivity contribution in [2.75, 3.05) is 6.61 Å². The number of benzene rings is 3. The number of non-ortho nitro benzene ring substituents is 1. The number of allylic oxidation sites excluding steroid dienone is 1. The molecule has 0 saturated heterocycles. The van der Waals surface area contributed by atoms with Crippen LogP contribution < -0.4 is 9.47 Å². The second kappa shape index (κ2) is 10.6. The lowest BCUT2D eigenvalue weighted by atomic mass is 10.0. The number of carboxylic acids is 1. The Hall–Kier alpha value is -4.64. The molecule has 0 aliphatic carbocycles. The Labute approximate surface area is 190 Å². The van der Waals surface area contributed by atoms with Crippen LogP contribution in [0, 0.1) is 21.4 Å². The third-order valence-electron chi connectivity index (χ3n) is 4.66. The lowest BCUT2D eigenvalue weighted by molar-refractivity contribution is -0.384. The summed E-state index contributed by atoms with van der Waals surface area (Å²) in [5.74, 6) is -0.0264. The molecule has 0 amide bonds. The summed E-state index contributed by atoms with van der Waals surface area (Å²) in [6.45, 7) is 2.44. The monoisotopic (exact) mass is 444 g/mol. The number of nitro benzene ring substituents is 1. The van der Waals surface area contributed by atoms with Gasteiger partial charge in [-0.1, -0.05) is 30.3 Å². The smallest absolute Gasteiger partial charge is 0.335 e. The molecular formula is C25H20N2O6. The molecule has 0 aromatic heterocycles. The average Bonchev–Trinajstić information content (AvgIpc) is 2.82. The predicted molar refractivity (Wildman–Crippen MR) is 122 cm³/mol. The van der Waals surface area contributed by atoms with Gasteiger partial charge in [-0.3, -0.25) is 10.1 Å². The minimum absolute atomic E-state index is 0.0937. The van der Waals surface area contributed by atoms with E-state index >= 15 is 0 Å². The van der Waals surface area contributed by atoms with Gasteiger partial charge in [-0.05, 0) is 54.0 Å². The van der Waals surface area contributed by atoms with Gasteiger partial charge in [-0.2, -0.15) is 5.26 Å². The summed E-state index contributed by atoms with van der Waals surface area (Å²) in [4.78, 5) is 21.5. The number of ether oxygens (including phenoxy) is 2. The molecule has 3 rings (SSSR count). The zero-order valence-corrected chi connectivity index (χ0v) is 17.7. The molecule has 0 bridgehead atoms. The molecule has 33 heavy (non-hydrogen) atoms. The highest BCUT2D eigenvalue weighted by Crippen LogP contribution is 2.31. The van der Waals surface area contributed by atoms with Gasteiger partial charge >= 0.3 is 5.97 Å². The molecule has 8 nitrogen and oxygen atoms in total. The van der Waals surface area contributed by atoms with Crippen LogP contribution in [0.3, 0.4) is 0 Å². The molecule has 0 aliphatic heterocycles. The largest absolute Gasteiger partial charge is 0.490 e. The van der Waals surface area contributed by atoms with Crippen LogP contribution in [0.4, 0.5) is 5.69 Å². The number of aromatic carboxylic acids is 1. The first-order valence-corrected chi connectivity index (χ1v) is 9.99. The van der Waals surface area contributed by atoms with Crippen molar-refractivity contribution in [3.63, 3.8) is 0 Å². The lowest BCUT2D eigenvalue weighted by Crippen LogP contribution is -2.01. The highest BCUT2D eigenvalue weighted by atomic mass is 16.6. The highest BCUT2D eigenvalue weighted by Gasteiger charge is 2.11. The summed E-state index contributed by atoms with van der Waals surface area (Å²) < 4.78 is 11.5. The van der Waals surface area contributed by atoms with Crippen molar-refractivity contribution in [3.05, 3.63) is 99.1 Å². The van der Waals surface area contributed by atoms with Crippen molar-refractivity contribution >= 4 is 23.3 Å². The molecule has 1 N–H and O–H groups in total. The molecule has 0 saturated carbocycles. The summed E-state index contributed by atoms with van der Waals surface area (Å²) >= 11 is 0. The highest BCUT2D eigenvalue weighted by molar-refractivity contribution is 5.90. The maximum atomic E-state index is 11.0. The van der Waals surface area contributed by atoms with E-state index in [2.05, 4.69) is 6.07 Å². The first-order valence-electron chi connectivity index (χ1n) is 9.99. The van der Waals surface area contributed by atoms with Crippen molar-refractivity contribution in [1.29, 1.82) is 5.26 Å². The number of carbonyl (C=O) groups is 1. The summed E-state index contributed by atoms with van der Waals surface area (Å²) in [6, 6.07) is 19.5. The summed E-state index contributed by atoms with van der Waals surface area (Å²) in [5.41, 5.74) is 2.28. The van der Waals surface area contributed by atoms with Crippen LogP contribution in [0.2, 0.25) is 0 Å². The van der Waals surface area contributed by atoms with E-state index in [0.29, 0.717) is 29.2 Å². The third kappa shape index (κ3) is 5.95. The number of carboxylic acid groups (broad SMARTS) is 1. The third-order valence-corrected chi connectivity index (χ3v) is 4.66. The Balaban J connectivity index is 1.83. The van der Waals surface area contributed by atoms with Crippen LogP contribution in [-0.2, 0) is 6.61 Å². The van der Waals surface area contributed by atoms with E-state index in [1.165, 1.54) is 30.3 Å². The SMILES string of the molecule is CCOc1cc(C=C(C#N)c2cccc([N+](=O)[O-])c2)ccc1OCc1ccc(C(=O)O)cc1. The van der Waals surface area contributed by atoms with E-state index in [4.69, 9.17) is 14.6 Å². The lowest BCUT2D eigenvalue weighted by Gasteiger charge is -2.13. The number of rotatable bonds is 9. The van der Waals surface area contributed by atoms with E-state index < -0.39 is 10.9 Å². The predicted octanol–water partition coefficient (Wildman–Crippen LogP) is 5.33. The normalized spacial score (nSPS) is 10.8. The van der Waals surface area contributed by atoms with Crippen LogP contribution in [0.15, 0.2) is 66.7 Å². The molecular weight excluding hydrogens is 424 g/mol. The minimum Gasteiger partial charge on any atom is -0.490 e. The Morgan fingerprint density at radius 3 is 2.45 bits per heavy atom. The van der Waals surface area contributed by atoms with Crippen LogP contribution in [0.1, 0.15) is 34.0 Å². The van der Waals surface area contributed by atoms with Gasteiger partial charge in [-0.25, -0.2) is 4.79 Å². The molecule has 0 unspecified atom stereocenters. The number of nitriles is 1. The second-order valence-electron chi connectivity index (χ2n) is 6.91. The first-order chi connectivity index (χ1) is 15.9. The number of nitro groups is 1. The van der Waals surface area contributed by atoms with Gasteiger partial charge in [0.25, 0.3) is 5.69 Å². The maximum absolute atomic E-state index is 11.0. The molecule has 0 fully saturated rings.